The zero-order valence-electron chi connectivity index (χ0n) is 40.6. The van der Waals surface area contributed by atoms with Gasteiger partial charge in [0, 0.05) is 0 Å². The quantitative estimate of drug-likeness (QED) is 0.120. The monoisotopic (exact) mass is 1010 g/mol. The Labute approximate surface area is 413 Å². The number of hydrogen-bond acceptors (Lipinski definition) is 0. The molecule has 0 bridgehead atoms. The molecule has 4 aliphatic carbocycles. The molecule has 0 saturated heterocycles. The summed E-state index contributed by atoms with van der Waals surface area (Å²) in [5.74, 6) is 0. The zero-order chi connectivity index (χ0) is 44.0. The van der Waals surface area contributed by atoms with E-state index in [4.69, 9.17) is 0 Å². The van der Waals surface area contributed by atoms with E-state index in [1.807, 2.05) is 0 Å². The van der Waals surface area contributed by atoms with Gasteiger partial charge >= 0.3 is 392 Å². The standard InChI is InChI=1S/2C30H33.2CH3.2ClH.H2Si.Zr/c2*1-2-30(17-8-4-3-5-9-18-30)22-23-19-26-13-10-14-28(29(26)20-23)27-16-15-24-11-6-7-12-25(24)21-27;;;;;;/h2*6-7,10-16,19-21H,2-5,8-9,17-18,22H2,1H3;2*1H3;2*1H;1H2;. The van der Waals surface area contributed by atoms with Gasteiger partial charge in [0.05, 0.1) is 0 Å². The topological polar surface area (TPSA) is 0 Å². The maximum Gasteiger partial charge on any atom is -0.147 e. The molecular weight excluding hydrogens is 935 g/mol. The SMILES string of the molecule is CCC1(CC2=Cc3c(-c4ccc5ccccc5c4)cccc3[CH]2[Zr]([CH3])([CH3])(=[SiH2])[CH]2C(CC3(CC)CCCCCCC3)=Cc3c(-c4ccc5ccccc5c4)cccc32)CCCCCCC1.Cl.Cl. The Morgan fingerprint density at radius 3 is 1.20 bits per heavy atom. The Kier molecular flexibility index (Phi) is 15.1. The number of halogens is 2. The number of fused-ring (bicyclic) bond motifs is 4. The second-order valence-electron chi connectivity index (χ2n) is 22.6. The molecule has 2 atom stereocenters. The predicted octanol–water partition coefficient (Wildman–Crippen LogP) is 19.1. The first kappa shape index (κ1) is 49.4. The van der Waals surface area contributed by atoms with E-state index in [1.54, 1.807) is 22.3 Å². The zero-order valence-corrected chi connectivity index (χ0v) is 46.1. The van der Waals surface area contributed by atoms with E-state index in [0.29, 0.717) is 18.1 Å². The maximum atomic E-state index is 2.94. The first-order valence-electron chi connectivity index (χ1n) is 25.8. The molecule has 346 valence electrons. The fourth-order valence-corrected chi connectivity index (χ4v) is 34.0. The van der Waals surface area contributed by atoms with Crippen molar-refractivity contribution in [3.63, 3.8) is 0 Å². The van der Waals surface area contributed by atoms with Gasteiger partial charge in [-0.3, -0.25) is 0 Å². The number of benzene rings is 6. The van der Waals surface area contributed by atoms with Crippen molar-refractivity contribution in [1.29, 1.82) is 0 Å². The minimum Gasteiger partial charge on any atom is -0.147 e. The molecule has 4 aliphatic rings. The van der Waals surface area contributed by atoms with Crippen LogP contribution in [0.15, 0.2) is 132 Å². The summed E-state index contributed by atoms with van der Waals surface area (Å²) in [7, 11) is 0. The van der Waals surface area contributed by atoms with Gasteiger partial charge < -0.3 is 0 Å². The van der Waals surface area contributed by atoms with Gasteiger partial charge in [0.25, 0.3) is 0 Å². The molecule has 0 amide bonds. The van der Waals surface area contributed by atoms with Gasteiger partial charge in [-0.25, -0.2) is 0 Å². The molecule has 0 N–H and O–H groups in total. The molecule has 6 aromatic carbocycles. The third-order valence-corrected chi connectivity index (χ3v) is 35.3. The Morgan fingerprint density at radius 1 is 0.455 bits per heavy atom. The molecule has 4 heteroatoms. The fraction of sp³-hybridized carbons (Fsp3) is 0.419. The van der Waals surface area contributed by atoms with Crippen LogP contribution in [0.3, 0.4) is 0 Å². The van der Waals surface area contributed by atoms with E-state index in [1.165, 1.54) is 171 Å². The second kappa shape index (κ2) is 20.2. The van der Waals surface area contributed by atoms with E-state index in [-0.39, 0.29) is 24.8 Å². The number of allylic oxidation sites excluding steroid dienone is 2. The largest absolute Gasteiger partial charge is 0.147 e. The second-order valence-corrected chi connectivity index (χ2v) is 53.1. The summed E-state index contributed by atoms with van der Waals surface area (Å²) < 4.78 is 6.89. The van der Waals surface area contributed by atoms with Crippen LogP contribution in [0.25, 0.3) is 56.0 Å². The molecule has 0 aliphatic heterocycles. The summed E-state index contributed by atoms with van der Waals surface area (Å²) in [5.41, 5.74) is 16.3. The molecule has 0 heterocycles. The van der Waals surface area contributed by atoms with E-state index in [0.717, 1.165) is 0 Å². The van der Waals surface area contributed by atoms with Crippen LogP contribution >= 0.6 is 24.8 Å². The van der Waals surface area contributed by atoms with Crippen molar-refractivity contribution in [2.75, 3.05) is 0 Å². The minimum absolute atomic E-state index is 0. The normalized spacial score (nSPS) is 20.6. The van der Waals surface area contributed by atoms with Crippen LogP contribution in [-0.2, 0) is 17.4 Å². The molecule has 0 nitrogen and oxygen atoms in total. The van der Waals surface area contributed by atoms with Crippen molar-refractivity contribution in [3.8, 4) is 22.3 Å². The first-order chi connectivity index (χ1) is 31.1. The van der Waals surface area contributed by atoms with Crippen LogP contribution in [0.2, 0.25) is 9.26 Å². The average molecular weight is 1010 g/mol. The van der Waals surface area contributed by atoms with Gasteiger partial charge in [0.1, 0.15) is 0 Å². The smallest absolute Gasteiger partial charge is 0.147 e. The van der Waals surface area contributed by atoms with Crippen molar-refractivity contribution in [3.05, 3.63) is 155 Å². The van der Waals surface area contributed by atoms with Crippen LogP contribution in [0.4, 0.5) is 0 Å². The molecule has 2 fully saturated rings. The molecule has 2 unspecified atom stereocenters. The fourth-order valence-electron chi connectivity index (χ4n) is 14.3. The number of rotatable bonds is 10. The molecule has 10 rings (SSSR count). The van der Waals surface area contributed by atoms with Gasteiger partial charge in [-0.05, 0) is 0 Å². The van der Waals surface area contributed by atoms with E-state index >= 15 is 0 Å². The summed E-state index contributed by atoms with van der Waals surface area (Å²) in [6, 6.07) is 47.3. The average Bonchev–Trinajstić information content (AvgIpc) is 3.87. The van der Waals surface area contributed by atoms with Crippen LogP contribution in [-0.4, -0.2) is 6.88 Å². The Morgan fingerprint density at radius 2 is 0.818 bits per heavy atom. The third-order valence-electron chi connectivity index (χ3n) is 17.8. The van der Waals surface area contributed by atoms with Crippen LogP contribution in [0.5, 0.6) is 0 Å². The van der Waals surface area contributed by atoms with Gasteiger partial charge in [-0.15, -0.1) is 24.8 Å². The van der Waals surface area contributed by atoms with Crippen LogP contribution in [0.1, 0.15) is 159 Å². The Bertz CT molecular complexity index is 2640. The minimum atomic E-state index is -4.07. The molecule has 66 heavy (non-hydrogen) atoms. The molecule has 0 spiro atoms. The van der Waals surface area contributed by atoms with Crippen molar-refractivity contribution in [2.45, 2.75) is 146 Å². The molecule has 2 saturated carbocycles. The summed E-state index contributed by atoms with van der Waals surface area (Å²) in [5, 5.41) is 5.32. The van der Waals surface area contributed by atoms with Crippen molar-refractivity contribution in [1.82, 2.24) is 0 Å². The summed E-state index contributed by atoms with van der Waals surface area (Å²) in [6.07, 6.45) is 30.3. The van der Waals surface area contributed by atoms with Gasteiger partial charge in [0.2, 0.25) is 0 Å². The van der Waals surface area contributed by atoms with Gasteiger partial charge in [-0.1, -0.05) is 0 Å². The molecular formula is C62H76Cl2SiZr. The van der Waals surface area contributed by atoms with Gasteiger partial charge in [0.15, 0.2) is 0 Å². The van der Waals surface area contributed by atoms with Crippen molar-refractivity contribution < 1.29 is 17.4 Å². The predicted molar refractivity (Wildman–Crippen MR) is 294 cm³/mol. The van der Waals surface area contributed by atoms with Crippen LogP contribution in [0, 0.1) is 10.8 Å². The third kappa shape index (κ3) is 9.38. The van der Waals surface area contributed by atoms with Crippen molar-refractivity contribution in [2.24, 2.45) is 10.8 Å². The van der Waals surface area contributed by atoms with E-state index in [2.05, 4.69) is 163 Å². The van der Waals surface area contributed by atoms with Crippen LogP contribution < -0.4 is 0 Å². The molecule has 0 radical (unpaired) electrons. The summed E-state index contributed by atoms with van der Waals surface area (Å²) in [4.78, 5) is 0. The molecule has 6 aromatic rings. The number of hydrogen-bond donors (Lipinski definition) is 0. The Balaban J connectivity index is 0.00000296. The van der Waals surface area contributed by atoms with Gasteiger partial charge in [-0.2, -0.15) is 0 Å². The summed E-state index contributed by atoms with van der Waals surface area (Å²) >= 11 is -4.07. The van der Waals surface area contributed by atoms with E-state index in [9.17, 15) is 0 Å². The maximum absolute atomic E-state index is 4.07. The van der Waals surface area contributed by atoms with Crippen molar-refractivity contribution >= 4 is 65.4 Å². The first-order valence-corrected chi connectivity index (χ1v) is 39.5. The summed E-state index contributed by atoms with van der Waals surface area (Å²) in [6.45, 7) is 7.68. The van der Waals surface area contributed by atoms with E-state index < -0.39 is 17.4 Å². The Hall–Kier alpha value is -3.00. The molecule has 0 aromatic heterocycles.